The normalized spacial score (nSPS) is 18.8. The summed E-state index contributed by atoms with van der Waals surface area (Å²) in [5.74, 6) is -0.936. The number of halogens is 2. The molecule has 1 aliphatic rings. The van der Waals surface area contributed by atoms with Crippen molar-refractivity contribution in [2.45, 2.75) is 25.9 Å². The van der Waals surface area contributed by atoms with Crippen molar-refractivity contribution in [2.24, 2.45) is 0 Å². The number of hydrogen-bond acceptors (Lipinski definition) is 3. The van der Waals surface area contributed by atoms with Crippen LogP contribution in [0.3, 0.4) is 0 Å². The van der Waals surface area contributed by atoms with Crippen LogP contribution in [0, 0.1) is 7.43 Å². The van der Waals surface area contributed by atoms with Gasteiger partial charge in [-0.05, 0) is 13.0 Å². The van der Waals surface area contributed by atoms with Crippen LogP contribution >= 0.6 is 37.2 Å². The van der Waals surface area contributed by atoms with Crippen molar-refractivity contribution in [2.75, 3.05) is 13.6 Å². The van der Waals surface area contributed by atoms with Gasteiger partial charge in [0.1, 0.15) is 6.04 Å². The number of carbonyl (C=O) groups excluding carboxylic acids is 3. The van der Waals surface area contributed by atoms with E-state index in [1.165, 1.54) is 11.9 Å². The molecule has 0 bridgehead atoms. The van der Waals surface area contributed by atoms with Gasteiger partial charge in [-0.2, -0.15) is 0 Å². The standard InChI is InChI=1S/C9H15N3O3.CH3.I2.Y/c1-5-9(15)12(4-7(13)11-5)6(2)8(14)10-3;;1-2;/h5-6H,4H2,1-3H3,(H2,10,11,13,14);1H3;;/q;-1;;/p-1. The molecular formula is C10H17I2N3O3Y-2. The minimum atomic E-state index is -0.682. The van der Waals surface area contributed by atoms with Gasteiger partial charge in [0.25, 0.3) is 0 Å². The molecule has 1 N–H and O–H groups in total. The number of hydrogen-bond donors (Lipinski definition) is 1. The first-order chi connectivity index (χ1) is 7.97. The molecule has 0 saturated carbocycles. The fraction of sp³-hybridized carbons (Fsp3) is 0.600. The van der Waals surface area contributed by atoms with Gasteiger partial charge in [0.15, 0.2) is 0 Å². The van der Waals surface area contributed by atoms with E-state index in [1.54, 1.807) is 13.8 Å². The second-order valence-corrected chi connectivity index (χ2v) is 3.46. The summed E-state index contributed by atoms with van der Waals surface area (Å²) in [5.41, 5.74) is 0. The molecule has 1 fully saturated rings. The molecule has 1 radical (unpaired) electrons. The first kappa shape index (κ1) is 25.0. The quantitative estimate of drug-likeness (QED) is 0.404. The Labute approximate surface area is 162 Å². The van der Waals surface area contributed by atoms with Crippen LogP contribution in [0.2, 0.25) is 0 Å². The fourth-order valence-corrected chi connectivity index (χ4v) is 1.45. The second-order valence-electron chi connectivity index (χ2n) is 3.46. The third kappa shape index (κ3) is 7.51. The van der Waals surface area contributed by atoms with Gasteiger partial charge < -0.3 is 27.8 Å². The Bertz CT molecular complexity index is 318. The summed E-state index contributed by atoms with van der Waals surface area (Å²) >= 11 is 4.24. The van der Waals surface area contributed by atoms with E-state index in [4.69, 9.17) is 0 Å². The maximum absolute atomic E-state index is 11.6. The number of piperazine rings is 1. The molecule has 2 atom stereocenters. The zero-order valence-electron chi connectivity index (χ0n) is 11.3. The van der Waals surface area contributed by atoms with Crippen LogP contribution in [0.4, 0.5) is 0 Å². The van der Waals surface area contributed by atoms with E-state index < -0.39 is 12.1 Å². The molecule has 0 aliphatic carbocycles. The first-order valence-electron chi connectivity index (χ1n) is 4.87. The Morgan fingerprint density at radius 1 is 1.47 bits per heavy atom. The third-order valence-corrected chi connectivity index (χ3v) is 2.38. The molecule has 109 valence electrons. The number of nitrogens with one attached hydrogen (secondary N) is 1. The molecule has 6 nitrogen and oxygen atoms in total. The van der Waals surface area contributed by atoms with Gasteiger partial charge in [0, 0.05) is 77.0 Å². The molecule has 0 aromatic heterocycles. The Morgan fingerprint density at radius 3 is 2.37 bits per heavy atom. The minimum absolute atomic E-state index is 0. The number of rotatable bonds is 2. The van der Waals surface area contributed by atoms with Crippen molar-refractivity contribution in [3.05, 3.63) is 12.7 Å². The van der Waals surface area contributed by atoms with Crippen LogP contribution in [0.5, 0.6) is 0 Å². The molecule has 19 heavy (non-hydrogen) atoms. The average Bonchev–Trinajstić information content (AvgIpc) is 2.34. The van der Waals surface area contributed by atoms with Crippen LogP contribution in [0.1, 0.15) is 13.8 Å². The summed E-state index contributed by atoms with van der Waals surface area (Å²) in [5, 5.41) is 6.06. The average molecular weight is 570 g/mol. The van der Waals surface area contributed by atoms with E-state index in [2.05, 4.69) is 47.9 Å². The monoisotopic (exact) mass is 570 g/mol. The maximum atomic E-state index is 11.6. The molecule has 1 rings (SSSR count). The van der Waals surface area contributed by atoms with Crippen molar-refractivity contribution in [1.82, 2.24) is 10.2 Å². The maximum Gasteiger partial charge on any atom is 0.242 e. The molecule has 3 amide bonds. The van der Waals surface area contributed by atoms with Crippen LogP contribution in [0.15, 0.2) is 0 Å². The predicted octanol–water partition coefficient (Wildman–Crippen LogP) is 1.47. The summed E-state index contributed by atoms with van der Waals surface area (Å²) in [6.45, 7) is 3.02. The van der Waals surface area contributed by atoms with Gasteiger partial charge in [0.05, 0.1) is 12.5 Å². The number of amides is 3. The smallest absolute Gasteiger partial charge is 0.242 e. The van der Waals surface area contributed by atoms with E-state index >= 15 is 0 Å². The molecule has 1 saturated heterocycles. The van der Waals surface area contributed by atoms with Crippen LogP contribution in [0.25, 0.3) is 5.32 Å². The Morgan fingerprint density at radius 2 is 1.95 bits per heavy atom. The first-order valence-corrected chi connectivity index (χ1v) is 11.2. The predicted molar refractivity (Wildman–Crippen MR) is 87.5 cm³/mol. The van der Waals surface area contributed by atoms with E-state index in [1.807, 2.05) is 0 Å². The Kier molecular flexibility index (Phi) is 16.7. The summed E-state index contributed by atoms with van der Waals surface area (Å²) in [4.78, 5) is 35.4. The number of likely N-dealkylation sites (N-methyl/N-ethyl adjacent to an activating group) is 1. The van der Waals surface area contributed by atoms with E-state index in [0.29, 0.717) is 0 Å². The topological polar surface area (TPSA) is 80.6 Å². The molecule has 0 spiro atoms. The molecule has 1 heterocycles. The van der Waals surface area contributed by atoms with Gasteiger partial charge in [-0.25, -0.2) is 0 Å². The van der Waals surface area contributed by atoms with E-state index in [0.717, 1.165) is 0 Å². The molecule has 0 aromatic rings. The molecular weight excluding hydrogens is 553 g/mol. The van der Waals surface area contributed by atoms with Gasteiger partial charge in [-0.3, -0.25) is 9.59 Å². The Hall–Kier alpha value is 0.974. The summed E-state index contributed by atoms with van der Waals surface area (Å²) in [7, 11) is 1.49. The summed E-state index contributed by atoms with van der Waals surface area (Å²) < 4.78 is 0. The number of nitrogens with zero attached hydrogens (tertiary/aromatic N) is 2. The molecule has 0 aromatic carbocycles. The Balaban J connectivity index is -0.000000609. The zero-order chi connectivity index (χ0) is 13.6. The summed E-state index contributed by atoms with van der Waals surface area (Å²) in [6.07, 6.45) is 0. The van der Waals surface area contributed by atoms with Gasteiger partial charge >= 0.3 is 0 Å². The third-order valence-electron chi connectivity index (χ3n) is 2.38. The van der Waals surface area contributed by atoms with Gasteiger partial charge in [-0.1, -0.05) is 6.92 Å². The fourth-order valence-electron chi connectivity index (χ4n) is 1.45. The van der Waals surface area contributed by atoms with Crippen LogP contribution in [-0.2, 0) is 47.1 Å². The van der Waals surface area contributed by atoms with E-state index in [9.17, 15) is 14.4 Å². The van der Waals surface area contributed by atoms with Crippen LogP contribution in [-0.4, -0.2) is 48.3 Å². The number of carbonyl (C=O) groups is 3. The largest absolute Gasteiger partial charge is 0.642 e. The van der Waals surface area contributed by atoms with Crippen molar-refractivity contribution in [3.63, 3.8) is 0 Å². The van der Waals surface area contributed by atoms with E-state index in [-0.39, 0.29) is 64.4 Å². The minimum Gasteiger partial charge on any atom is -0.642 e. The summed E-state index contributed by atoms with van der Waals surface area (Å²) in [6, 6.07) is -1.32. The molecule has 9 heteroatoms. The SMILES string of the molecule is CNC(=O)C(C)N1CC(=O)[N-]C(C)C1=O.II.[CH3-].[Y]. The van der Waals surface area contributed by atoms with Crippen molar-refractivity contribution in [1.29, 1.82) is 0 Å². The molecule has 1 aliphatic heterocycles. The van der Waals surface area contributed by atoms with Gasteiger partial charge in [-0.15, -0.1) is 0 Å². The second kappa shape index (κ2) is 12.7. The van der Waals surface area contributed by atoms with Crippen molar-refractivity contribution < 1.29 is 47.1 Å². The van der Waals surface area contributed by atoms with Crippen LogP contribution < -0.4 is 5.32 Å². The zero-order valence-corrected chi connectivity index (χ0v) is 18.5. The molecule has 2 unspecified atom stereocenters. The van der Waals surface area contributed by atoms with Crippen molar-refractivity contribution in [3.8, 4) is 0 Å². The van der Waals surface area contributed by atoms with Gasteiger partial charge in [0.2, 0.25) is 11.8 Å². The van der Waals surface area contributed by atoms with Crippen molar-refractivity contribution >= 4 is 55.0 Å².